The molecule has 100 valence electrons. The molecule has 19 heavy (non-hydrogen) atoms. The van der Waals surface area contributed by atoms with Gasteiger partial charge in [0.2, 0.25) is 5.13 Å². The lowest BCUT2D eigenvalue weighted by Gasteiger charge is -2.18. The number of aliphatic hydroxyl groups excluding tert-OH is 1. The number of aliphatic hydroxyl groups is 1. The van der Waals surface area contributed by atoms with Gasteiger partial charge in [-0.15, -0.1) is 10.2 Å². The molecule has 0 saturated heterocycles. The molecule has 6 heteroatoms. The van der Waals surface area contributed by atoms with Crippen LogP contribution >= 0.6 is 11.3 Å². The van der Waals surface area contributed by atoms with Crippen molar-refractivity contribution in [1.29, 1.82) is 0 Å². The summed E-state index contributed by atoms with van der Waals surface area (Å²) >= 11 is 1.50. The van der Waals surface area contributed by atoms with Crippen molar-refractivity contribution >= 4 is 16.5 Å². The molecule has 3 rings (SSSR count). The molecule has 0 aromatic carbocycles. The van der Waals surface area contributed by atoms with Crippen LogP contribution in [0.5, 0.6) is 0 Å². The summed E-state index contributed by atoms with van der Waals surface area (Å²) in [5, 5.41) is 19.9. The maximum absolute atomic E-state index is 9.95. The Balaban J connectivity index is 1.70. The predicted molar refractivity (Wildman–Crippen MR) is 75.1 cm³/mol. The Morgan fingerprint density at radius 3 is 2.95 bits per heavy atom. The largest absolute Gasteiger partial charge is 0.391 e. The summed E-state index contributed by atoms with van der Waals surface area (Å²) in [6.45, 7) is 0.613. The summed E-state index contributed by atoms with van der Waals surface area (Å²) in [7, 11) is 1.94. The van der Waals surface area contributed by atoms with Gasteiger partial charge in [-0.3, -0.25) is 4.98 Å². The Morgan fingerprint density at radius 1 is 1.42 bits per heavy atom. The van der Waals surface area contributed by atoms with Gasteiger partial charge in [0.25, 0.3) is 0 Å². The van der Waals surface area contributed by atoms with Crippen molar-refractivity contribution in [2.24, 2.45) is 5.92 Å². The fourth-order valence-corrected chi connectivity index (χ4v) is 2.74. The van der Waals surface area contributed by atoms with Crippen molar-refractivity contribution in [2.75, 3.05) is 18.5 Å². The van der Waals surface area contributed by atoms with Crippen LogP contribution in [0.4, 0.5) is 5.13 Å². The molecule has 2 heterocycles. The molecular formula is C13H16N4OS. The van der Waals surface area contributed by atoms with Crippen LogP contribution in [-0.2, 0) is 0 Å². The van der Waals surface area contributed by atoms with Gasteiger partial charge in [0.1, 0.15) is 5.69 Å². The molecule has 0 bridgehead atoms. The monoisotopic (exact) mass is 276 g/mol. The van der Waals surface area contributed by atoms with Gasteiger partial charge >= 0.3 is 0 Å². The molecule has 5 nitrogen and oxygen atoms in total. The second kappa shape index (κ2) is 5.22. The standard InChI is InChI=1S/C13H16N4OS/c1-17(8-11(18)9-5-6-9)13-16-15-12(19-13)10-4-2-3-7-14-10/h2-4,7,9,11,18H,5-6,8H2,1H3/t11-/m1/s1. The number of anilines is 1. The summed E-state index contributed by atoms with van der Waals surface area (Å²) in [6.07, 6.45) is 3.78. The molecule has 1 atom stereocenters. The number of likely N-dealkylation sites (N-methyl/N-ethyl adjacent to an activating group) is 1. The summed E-state index contributed by atoms with van der Waals surface area (Å²) in [4.78, 5) is 6.23. The molecule has 2 aromatic rings. The molecule has 1 aliphatic rings. The van der Waals surface area contributed by atoms with Gasteiger partial charge in [0.15, 0.2) is 5.01 Å². The van der Waals surface area contributed by atoms with Crippen LogP contribution in [-0.4, -0.2) is 40.0 Å². The SMILES string of the molecule is CN(C[C@@H](O)C1CC1)c1nnc(-c2ccccn2)s1. The molecule has 1 aliphatic carbocycles. The lowest BCUT2D eigenvalue weighted by molar-refractivity contribution is 0.158. The van der Waals surface area contributed by atoms with E-state index in [2.05, 4.69) is 15.2 Å². The van der Waals surface area contributed by atoms with E-state index in [4.69, 9.17) is 0 Å². The van der Waals surface area contributed by atoms with Crippen molar-refractivity contribution in [3.05, 3.63) is 24.4 Å². The highest BCUT2D eigenvalue weighted by atomic mass is 32.1. The van der Waals surface area contributed by atoms with Crippen molar-refractivity contribution < 1.29 is 5.11 Å². The lowest BCUT2D eigenvalue weighted by atomic mass is 10.2. The third-order valence-corrected chi connectivity index (χ3v) is 4.31. The molecule has 1 N–H and O–H groups in total. The first-order chi connectivity index (χ1) is 9.24. The number of nitrogens with zero attached hydrogens (tertiary/aromatic N) is 4. The first-order valence-corrected chi connectivity index (χ1v) is 7.20. The van der Waals surface area contributed by atoms with Crippen LogP contribution in [0.15, 0.2) is 24.4 Å². The lowest BCUT2D eigenvalue weighted by Crippen LogP contribution is -2.30. The molecule has 0 aliphatic heterocycles. The van der Waals surface area contributed by atoms with Gasteiger partial charge in [-0.05, 0) is 30.9 Å². The van der Waals surface area contributed by atoms with E-state index in [1.165, 1.54) is 11.3 Å². The zero-order valence-corrected chi connectivity index (χ0v) is 11.5. The normalized spacial score (nSPS) is 16.3. The number of aromatic nitrogens is 3. The first kappa shape index (κ1) is 12.5. The molecule has 1 fully saturated rings. The fraction of sp³-hybridized carbons (Fsp3) is 0.462. The first-order valence-electron chi connectivity index (χ1n) is 6.38. The van der Waals surface area contributed by atoms with Crippen molar-refractivity contribution in [3.63, 3.8) is 0 Å². The van der Waals surface area contributed by atoms with Gasteiger partial charge in [0.05, 0.1) is 6.10 Å². The smallest absolute Gasteiger partial charge is 0.208 e. The minimum absolute atomic E-state index is 0.257. The molecule has 0 amide bonds. The average Bonchev–Trinajstić information content (AvgIpc) is 3.17. The summed E-state index contributed by atoms with van der Waals surface area (Å²) in [6, 6.07) is 5.73. The van der Waals surface area contributed by atoms with Gasteiger partial charge < -0.3 is 10.0 Å². The second-order valence-corrected chi connectivity index (χ2v) is 5.85. The Labute approximate surface area is 115 Å². The third kappa shape index (κ3) is 2.90. The van der Waals surface area contributed by atoms with E-state index in [0.29, 0.717) is 12.5 Å². The Hall–Kier alpha value is -1.53. The molecule has 0 unspecified atom stereocenters. The highest BCUT2D eigenvalue weighted by Gasteiger charge is 2.30. The van der Waals surface area contributed by atoms with E-state index in [1.54, 1.807) is 6.20 Å². The Morgan fingerprint density at radius 2 is 2.26 bits per heavy atom. The Bertz CT molecular complexity index is 541. The van der Waals surface area contributed by atoms with Gasteiger partial charge in [0, 0.05) is 19.8 Å². The number of hydrogen-bond donors (Lipinski definition) is 1. The topological polar surface area (TPSA) is 62.1 Å². The second-order valence-electron chi connectivity index (χ2n) is 4.89. The summed E-state index contributed by atoms with van der Waals surface area (Å²) in [5.74, 6) is 0.477. The number of hydrogen-bond acceptors (Lipinski definition) is 6. The fourth-order valence-electron chi connectivity index (χ4n) is 1.95. The molecule has 2 aromatic heterocycles. The van der Waals surface area contributed by atoms with E-state index < -0.39 is 0 Å². The molecule has 1 saturated carbocycles. The van der Waals surface area contributed by atoms with Crippen LogP contribution < -0.4 is 4.90 Å². The van der Waals surface area contributed by atoms with E-state index in [9.17, 15) is 5.11 Å². The summed E-state index contributed by atoms with van der Waals surface area (Å²) in [5.41, 5.74) is 0.836. The van der Waals surface area contributed by atoms with Crippen molar-refractivity contribution in [3.8, 4) is 10.7 Å². The van der Waals surface area contributed by atoms with Crippen LogP contribution in [0.25, 0.3) is 10.7 Å². The maximum atomic E-state index is 9.95. The van der Waals surface area contributed by atoms with Crippen LogP contribution in [0.1, 0.15) is 12.8 Å². The van der Waals surface area contributed by atoms with Crippen LogP contribution in [0.2, 0.25) is 0 Å². The summed E-state index contributed by atoms with van der Waals surface area (Å²) < 4.78 is 0. The average molecular weight is 276 g/mol. The highest BCUT2D eigenvalue weighted by Crippen LogP contribution is 2.34. The quantitative estimate of drug-likeness (QED) is 0.902. The highest BCUT2D eigenvalue weighted by molar-refractivity contribution is 7.18. The van der Waals surface area contributed by atoms with Crippen LogP contribution in [0, 0.1) is 5.92 Å². The van der Waals surface area contributed by atoms with Crippen molar-refractivity contribution in [1.82, 2.24) is 15.2 Å². The molecular weight excluding hydrogens is 260 g/mol. The minimum atomic E-state index is -0.257. The maximum Gasteiger partial charge on any atom is 0.208 e. The van der Waals surface area contributed by atoms with Gasteiger partial charge in [-0.2, -0.15) is 0 Å². The predicted octanol–water partition coefficient (Wildman–Crippen LogP) is 1.81. The zero-order valence-electron chi connectivity index (χ0n) is 10.7. The van der Waals surface area contributed by atoms with Crippen molar-refractivity contribution in [2.45, 2.75) is 18.9 Å². The van der Waals surface area contributed by atoms with E-state index in [-0.39, 0.29) is 6.10 Å². The van der Waals surface area contributed by atoms with Gasteiger partial charge in [-0.1, -0.05) is 17.4 Å². The van der Waals surface area contributed by atoms with E-state index in [0.717, 1.165) is 28.7 Å². The van der Waals surface area contributed by atoms with E-state index in [1.807, 2.05) is 30.1 Å². The van der Waals surface area contributed by atoms with E-state index >= 15 is 0 Å². The molecule has 0 radical (unpaired) electrons. The molecule has 0 spiro atoms. The zero-order chi connectivity index (χ0) is 13.2. The number of rotatable bonds is 5. The Kier molecular flexibility index (Phi) is 3.44. The number of pyridine rings is 1. The minimum Gasteiger partial charge on any atom is -0.391 e. The van der Waals surface area contributed by atoms with Gasteiger partial charge in [-0.25, -0.2) is 0 Å². The van der Waals surface area contributed by atoms with Crippen LogP contribution in [0.3, 0.4) is 0 Å². The third-order valence-electron chi connectivity index (χ3n) is 3.25.